The van der Waals surface area contributed by atoms with Crippen LogP contribution >= 0.6 is 0 Å². The summed E-state index contributed by atoms with van der Waals surface area (Å²) >= 11 is 0. The minimum absolute atomic E-state index is 0.00348. The molecule has 2 rings (SSSR count). The Morgan fingerprint density at radius 2 is 1.95 bits per heavy atom. The molecule has 2 atom stereocenters. The number of ketones is 1. The summed E-state index contributed by atoms with van der Waals surface area (Å²) in [6, 6.07) is 6.57. The maximum absolute atomic E-state index is 11.4. The third-order valence-electron chi connectivity index (χ3n) is 3.88. The van der Waals surface area contributed by atoms with E-state index in [4.69, 9.17) is 5.73 Å². The van der Waals surface area contributed by atoms with Crippen LogP contribution in [0, 0.1) is 0 Å². The summed E-state index contributed by atoms with van der Waals surface area (Å²) in [5, 5.41) is 2.28. The highest BCUT2D eigenvalue weighted by atomic mass is 16.1. The van der Waals surface area contributed by atoms with E-state index in [0.717, 1.165) is 5.69 Å². The smallest absolute Gasteiger partial charge is 0.161 e. The zero-order valence-electron chi connectivity index (χ0n) is 11.9. The lowest BCUT2D eigenvalue weighted by Crippen LogP contribution is -2.47. The van der Waals surface area contributed by atoms with Crippen molar-refractivity contribution in [2.75, 3.05) is 11.2 Å². The van der Waals surface area contributed by atoms with Crippen molar-refractivity contribution in [3.63, 3.8) is 0 Å². The summed E-state index contributed by atoms with van der Waals surface area (Å²) in [5.74, 6) is 0.00348. The SMILES string of the molecule is CC(=O)c1ccc(NN2C(C)CCCC2C)cc1N. The van der Waals surface area contributed by atoms with E-state index < -0.39 is 0 Å². The first-order valence-corrected chi connectivity index (χ1v) is 6.94. The summed E-state index contributed by atoms with van der Waals surface area (Å²) in [6.07, 6.45) is 3.70. The van der Waals surface area contributed by atoms with Gasteiger partial charge in [-0.05, 0) is 51.8 Å². The van der Waals surface area contributed by atoms with Crippen LogP contribution in [0.2, 0.25) is 0 Å². The first kappa shape index (κ1) is 13.9. The molecule has 3 N–H and O–H groups in total. The van der Waals surface area contributed by atoms with Crippen LogP contribution in [0.1, 0.15) is 50.4 Å². The fourth-order valence-electron chi connectivity index (χ4n) is 2.74. The molecule has 1 aromatic rings. The molecular weight excluding hydrogens is 238 g/mol. The average molecular weight is 261 g/mol. The number of carbonyl (C=O) groups excluding carboxylic acids is 1. The predicted molar refractivity (Wildman–Crippen MR) is 79.1 cm³/mol. The van der Waals surface area contributed by atoms with Gasteiger partial charge in [-0.2, -0.15) is 0 Å². The number of carbonyl (C=O) groups is 1. The van der Waals surface area contributed by atoms with E-state index in [9.17, 15) is 4.79 Å². The molecule has 1 heterocycles. The number of nitrogen functional groups attached to an aromatic ring is 1. The maximum atomic E-state index is 11.4. The van der Waals surface area contributed by atoms with Crippen LogP contribution in [0.15, 0.2) is 18.2 Å². The molecule has 4 heteroatoms. The number of rotatable bonds is 3. The Morgan fingerprint density at radius 3 is 2.47 bits per heavy atom. The van der Waals surface area contributed by atoms with Crippen molar-refractivity contribution in [2.24, 2.45) is 0 Å². The van der Waals surface area contributed by atoms with Crippen LogP contribution in [0.4, 0.5) is 11.4 Å². The average Bonchev–Trinajstić information content (AvgIpc) is 2.33. The van der Waals surface area contributed by atoms with Gasteiger partial charge in [0.05, 0.1) is 5.69 Å². The number of hydrogen-bond acceptors (Lipinski definition) is 4. The second-order valence-corrected chi connectivity index (χ2v) is 5.51. The first-order chi connectivity index (χ1) is 8.99. The van der Waals surface area contributed by atoms with Gasteiger partial charge in [0.15, 0.2) is 5.78 Å². The highest BCUT2D eigenvalue weighted by Crippen LogP contribution is 2.25. The molecule has 0 saturated carbocycles. The minimum Gasteiger partial charge on any atom is -0.398 e. The van der Waals surface area contributed by atoms with Crippen molar-refractivity contribution in [2.45, 2.75) is 52.1 Å². The number of Topliss-reactive ketones (excluding diaryl/α,β-unsaturated/α-hetero) is 1. The lowest BCUT2D eigenvalue weighted by Gasteiger charge is -2.39. The fraction of sp³-hybridized carbons (Fsp3) is 0.533. The van der Waals surface area contributed by atoms with E-state index in [0.29, 0.717) is 23.3 Å². The molecule has 0 bridgehead atoms. The van der Waals surface area contributed by atoms with Crippen LogP contribution in [0.3, 0.4) is 0 Å². The Bertz CT molecular complexity index is 462. The van der Waals surface area contributed by atoms with Crippen molar-refractivity contribution < 1.29 is 4.79 Å². The molecule has 1 aliphatic rings. The second kappa shape index (κ2) is 5.61. The number of piperidine rings is 1. The van der Waals surface area contributed by atoms with Crippen molar-refractivity contribution in [1.29, 1.82) is 0 Å². The molecule has 1 fully saturated rings. The van der Waals surface area contributed by atoms with Gasteiger partial charge in [-0.25, -0.2) is 5.01 Å². The Labute approximate surface area is 114 Å². The van der Waals surface area contributed by atoms with Gasteiger partial charge in [-0.15, -0.1) is 0 Å². The van der Waals surface area contributed by atoms with Gasteiger partial charge < -0.3 is 11.2 Å². The summed E-state index contributed by atoms with van der Waals surface area (Å²) in [7, 11) is 0. The molecule has 0 aliphatic carbocycles. The second-order valence-electron chi connectivity index (χ2n) is 5.51. The van der Waals surface area contributed by atoms with E-state index >= 15 is 0 Å². The number of nitrogens with two attached hydrogens (primary N) is 1. The normalized spacial score (nSPS) is 24.2. The van der Waals surface area contributed by atoms with Gasteiger partial charge in [-0.3, -0.25) is 4.79 Å². The summed E-state index contributed by atoms with van der Waals surface area (Å²) < 4.78 is 0. The van der Waals surface area contributed by atoms with Crippen molar-refractivity contribution in [1.82, 2.24) is 5.01 Å². The first-order valence-electron chi connectivity index (χ1n) is 6.94. The Kier molecular flexibility index (Phi) is 4.10. The van der Waals surface area contributed by atoms with E-state index in [1.54, 1.807) is 6.07 Å². The van der Waals surface area contributed by atoms with Crippen LogP contribution in [-0.2, 0) is 0 Å². The molecule has 1 aliphatic heterocycles. The highest BCUT2D eigenvalue weighted by molar-refractivity contribution is 5.99. The molecule has 1 aromatic carbocycles. The van der Waals surface area contributed by atoms with E-state index in [-0.39, 0.29) is 5.78 Å². The summed E-state index contributed by atoms with van der Waals surface area (Å²) in [6.45, 7) is 6.00. The summed E-state index contributed by atoms with van der Waals surface area (Å²) in [5.41, 5.74) is 11.4. The molecule has 0 aromatic heterocycles. The van der Waals surface area contributed by atoms with Gasteiger partial charge in [0.25, 0.3) is 0 Å². The van der Waals surface area contributed by atoms with Crippen LogP contribution in [0.5, 0.6) is 0 Å². The molecule has 0 amide bonds. The monoisotopic (exact) mass is 261 g/mol. The number of hydrazine groups is 1. The number of anilines is 2. The third kappa shape index (κ3) is 3.07. The molecule has 19 heavy (non-hydrogen) atoms. The van der Waals surface area contributed by atoms with Crippen molar-refractivity contribution >= 4 is 17.2 Å². The number of nitrogens with zero attached hydrogens (tertiary/aromatic N) is 1. The van der Waals surface area contributed by atoms with Gasteiger partial charge in [0.1, 0.15) is 0 Å². The molecule has 2 unspecified atom stereocenters. The largest absolute Gasteiger partial charge is 0.398 e. The zero-order valence-corrected chi connectivity index (χ0v) is 11.9. The van der Waals surface area contributed by atoms with E-state index in [1.807, 2.05) is 12.1 Å². The molecular formula is C15H23N3O. The molecule has 1 saturated heterocycles. The summed E-state index contributed by atoms with van der Waals surface area (Å²) in [4.78, 5) is 11.4. The van der Waals surface area contributed by atoms with Crippen molar-refractivity contribution in [3.05, 3.63) is 23.8 Å². The van der Waals surface area contributed by atoms with Gasteiger partial charge >= 0.3 is 0 Å². The minimum atomic E-state index is 0.00348. The molecule has 104 valence electrons. The number of nitrogens with one attached hydrogen (secondary N) is 1. The highest BCUT2D eigenvalue weighted by Gasteiger charge is 2.24. The quantitative estimate of drug-likeness (QED) is 0.648. The van der Waals surface area contributed by atoms with E-state index in [2.05, 4.69) is 24.3 Å². The number of hydrogen-bond donors (Lipinski definition) is 2. The Hall–Kier alpha value is -1.55. The standard InChI is InChI=1S/C15H23N3O/c1-10-5-4-6-11(2)18(10)17-13-7-8-14(12(3)19)15(16)9-13/h7-11,17H,4-6,16H2,1-3H3. The van der Waals surface area contributed by atoms with Crippen molar-refractivity contribution in [3.8, 4) is 0 Å². The molecule has 4 nitrogen and oxygen atoms in total. The van der Waals surface area contributed by atoms with Crippen LogP contribution < -0.4 is 11.2 Å². The van der Waals surface area contributed by atoms with E-state index in [1.165, 1.54) is 26.2 Å². The predicted octanol–water partition coefficient (Wildman–Crippen LogP) is 3.06. The molecule has 0 spiro atoms. The number of benzene rings is 1. The Morgan fingerprint density at radius 1 is 1.32 bits per heavy atom. The van der Waals surface area contributed by atoms with Crippen LogP contribution in [0.25, 0.3) is 0 Å². The van der Waals surface area contributed by atoms with Gasteiger partial charge in [0, 0.05) is 23.3 Å². The fourth-order valence-corrected chi connectivity index (χ4v) is 2.74. The van der Waals surface area contributed by atoms with Gasteiger partial charge in [-0.1, -0.05) is 6.42 Å². The Balaban J connectivity index is 2.14. The molecule has 0 radical (unpaired) electrons. The van der Waals surface area contributed by atoms with Gasteiger partial charge in [0.2, 0.25) is 0 Å². The maximum Gasteiger partial charge on any atom is 0.161 e. The zero-order chi connectivity index (χ0) is 14.0. The topological polar surface area (TPSA) is 58.4 Å². The van der Waals surface area contributed by atoms with Crippen LogP contribution in [-0.4, -0.2) is 22.9 Å². The lowest BCUT2D eigenvalue weighted by atomic mass is 10.00. The third-order valence-corrected chi connectivity index (χ3v) is 3.88. The lowest BCUT2D eigenvalue weighted by molar-refractivity contribution is 0.101.